The van der Waals surface area contributed by atoms with Gasteiger partial charge in [-0.2, -0.15) is 0 Å². The minimum atomic E-state index is 0. The van der Waals surface area contributed by atoms with Crippen LogP contribution in [0.3, 0.4) is 0 Å². The van der Waals surface area contributed by atoms with E-state index >= 15 is 0 Å². The monoisotopic (exact) mass is 326 g/mol. The van der Waals surface area contributed by atoms with Crippen LogP contribution in [0, 0.1) is 0 Å². The van der Waals surface area contributed by atoms with Gasteiger partial charge in [-0.05, 0) is 18.9 Å². The van der Waals surface area contributed by atoms with Crippen LogP contribution in [0.5, 0.6) is 0 Å². The summed E-state index contributed by atoms with van der Waals surface area (Å²) in [6, 6.07) is 0. The van der Waals surface area contributed by atoms with Crippen molar-refractivity contribution in [2.24, 2.45) is 0 Å². The summed E-state index contributed by atoms with van der Waals surface area (Å²) in [7, 11) is 0. The molecule has 0 amide bonds. The predicted molar refractivity (Wildman–Crippen MR) is 101 cm³/mol. The van der Waals surface area contributed by atoms with Gasteiger partial charge in [0.25, 0.3) is 0 Å². The molecule has 0 unspecified atom stereocenters. The number of aryl methyl sites for hydroxylation is 1. The molecule has 0 aliphatic heterocycles. The molecule has 1 aromatic rings. The maximum absolute atomic E-state index is 4.44. The fourth-order valence-electron chi connectivity index (χ4n) is 2.76. The van der Waals surface area contributed by atoms with Crippen molar-refractivity contribution < 1.29 is 0 Å². The van der Waals surface area contributed by atoms with Gasteiger partial charge in [-0.1, -0.05) is 84.1 Å². The molecular weight excluding hydrogens is 292 g/mol. The van der Waals surface area contributed by atoms with Crippen LogP contribution < -0.4 is 0 Å². The van der Waals surface area contributed by atoms with E-state index < -0.39 is 0 Å². The van der Waals surface area contributed by atoms with E-state index in [1.54, 1.807) is 6.08 Å². The third-order valence-electron chi connectivity index (χ3n) is 4.13. The van der Waals surface area contributed by atoms with E-state index in [0.29, 0.717) is 0 Å². The third kappa shape index (κ3) is 10.9. The molecule has 0 aliphatic rings. The second-order valence-electron chi connectivity index (χ2n) is 6.12. The second-order valence-corrected chi connectivity index (χ2v) is 6.12. The zero-order valence-corrected chi connectivity index (χ0v) is 15.2. The Morgan fingerprint density at radius 3 is 1.86 bits per heavy atom. The maximum atomic E-state index is 4.44. The Bertz CT molecular complexity index is 360. The molecule has 0 saturated carbocycles. The number of hydrogen-bond donors (Lipinski definition) is 1. The molecule has 2 nitrogen and oxygen atoms in total. The topological polar surface area (TPSA) is 28.7 Å². The molecule has 1 rings (SSSR count). The number of unbranched alkanes of at least 4 members (excludes halogenated alkanes) is 11. The first-order valence-corrected chi connectivity index (χ1v) is 9.03. The number of aromatic amines is 1. The molecule has 0 spiro atoms. The largest absolute Gasteiger partial charge is 0.345 e. The first-order valence-electron chi connectivity index (χ1n) is 9.03. The summed E-state index contributed by atoms with van der Waals surface area (Å²) in [4.78, 5) is 7.56. The second kappa shape index (κ2) is 15.1. The molecule has 0 aliphatic carbocycles. The molecule has 22 heavy (non-hydrogen) atoms. The van der Waals surface area contributed by atoms with Gasteiger partial charge in [0.1, 0.15) is 5.82 Å². The lowest BCUT2D eigenvalue weighted by atomic mass is 10.0. The van der Waals surface area contributed by atoms with E-state index in [0.717, 1.165) is 12.2 Å². The smallest absolute Gasteiger partial charge is 0.129 e. The highest BCUT2D eigenvalue weighted by Gasteiger charge is 1.98. The minimum Gasteiger partial charge on any atom is -0.345 e. The lowest BCUT2D eigenvalue weighted by molar-refractivity contribution is 0.543. The average molecular weight is 327 g/mol. The van der Waals surface area contributed by atoms with Crippen LogP contribution in [0.25, 0.3) is 6.08 Å². The first kappa shape index (κ1) is 21.2. The van der Waals surface area contributed by atoms with E-state index in [-0.39, 0.29) is 12.4 Å². The highest BCUT2D eigenvalue weighted by Crippen LogP contribution is 2.13. The van der Waals surface area contributed by atoms with Crippen LogP contribution in [0.2, 0.25) is 0 Å². The zero-order valence-electron chi connectivity index (χ0n) is 14.4. The van der Waals surface area contributed by atoms with Crippen molar-refractivity contribution in [1.29, 1.82) is 0 Å². The SMILES string of the molecule is C=Cc1nc(CCCCCCCCCCCCCC)c[nH]1.Cl. The first-order chi connectivity index (χ1) is 10.4. The van der Waals surface area contributed by atoms with E-state index in [1.165, 1.54) is 82.7 Å². The molecule has 0 saturated heterocycles. The van der Waals surface area contributed by atoms with Crippen LogP contribution in [0.1, 0.15) is 95.5 Å². The average Bonchev–Trinajstić information content (AvgIpc) is 2.96. The number of hydrogen-bond acceptors (Lipinski definition) is 1. The number of nitrogens with zero attached hydrogens (tertiary/aromatic N) is 1. The molecule has 0 atom stereocenters. The predicted octanol–water partition coefficient (Wildman–Crippen LogP) is 6.72. The highest BCUT2D eigenvalue weighted by atomic mass is 35.5. The molecule has 0 aromatic carbocycles. The summed E-state index contributed by atoms with van der Waals surface area (Å²) >= 11 is 0. The fraction of sp³-hybridized carbons (Fsp3) is 0.737. The number of rotatable bonds is 14. The van der Waals surface area contributed by atoms with E-state index in [9.17, 15) is 0 Å². The fourth-order valence-corrected chi connectivity index (χ4v) is 2.76. The molecule has 3 heteroatoms. The van der Waals surface area contributed by atoms with Crippen molar-refractivity contribution in [3.8, 4) is 0 Å². The number of imidazole rings is 1. The van der Waals surface area contributed by atoms with Crippen molar-refractivity contribution in [2.75, 3.05) is 0 Å². The number of aromatic nitrogens is 2. The third-order valence-corrected chi connectivity index (χ3v) is 4.13. The normalized spacial score (nSPS) is 10.4. The number of nitrogens with one attached hydrogen (secondary N) is 1. The van der Waals surface area contributed by atoms with Crippen molar-refractivity contribution in [3.63, 3.8) is 0 Å². The quantitative estimate of drug-likeness (QED) is 0.378. The van der Waals surface area contributed by atoms with E-state index in [1.807, 2.05) is 6.20 Å². The van der Waals surface area contributed by atoms with E-state index in [2.05, 4.69) is 23.5 Å². The summed E-state index contributed by atoms with van der Waals surface area (Å²) in [6.07, 6.45) is 21.7. The van der Waals surface area contributed by atoms with Gasteiger partial charge >= 0.3 is 0 Å². The van der Waals surface area contributed by atoms with Gasteiger partial charge in [-0.3, -0.25) is 0 Å². The van der Waals surface area contributed by atoms with Gasteiger partial charge in [0.05, 0.1) is 5.69 Å². The minimum absolute atomic E-state index is 0. The van der Waals surface area contributed by atoms with Gasteiger partial charge in [0.2, 0.25) is 0 Å². The maximum Gasteiger partial charge on any atom is 0.129 e. The van der Waals surface area contributed by atoms with Gasteiger partial charge in [0.15, 0.2) is 0 Å². The Morgan fingerprint density at radius 2 is 1.41 bits per heavy atom. The van der Waals surface area contributed by atoms with Gasteiger partial charge in [0, 0.05) is 6.20 Å². The van der Waals surface area contributed by atoms with Gasteiger partial charge in [-0.15, -0.1) is 12.4 Å². The number of halogens is 1. The summed E-state index contributed by atoms with van der Waals surface area (Å²) in [5.74, 6) is 0.893. The Kier molecular flexibility index (Phi) is 14.6. The summed E-state index contributed by atoms with van der Waals surface area (Å²) in [5.41, 5.74) is 1.18. The molecule has 1 N–H and O–H groups in total. The lowest BCUT2D eigenvalue weighted by Gasteiger charge is -2.02. The van der Waals surface area contributed by atoms with Crippen LogP contribution in [-0.2, 0) is 6.42 Å². The molecule has 0 radical (unpaired) electrons. The Balaban J connectivity index is 0.00000441. The Morgan fingerprint density at radius 1 is 0.909 bits per heavy atom. The van der Waals surface area contributed by atoms with Crippen LogP contribution in [0.15, 0.2) is 12.8 Å². The van der Waals surface area contributed by atoms with Crippen LogP contribution in [-0.4, -0.2) is 9.97 Å². The number of H-pyrrole nitrogens is 1. The molecule has 1 aromatic heterocycles. The van der Waals surface area contributed by atoms with Gasteiger partial charge < -0.3 is 4.98 Å². The standard InChI is InChI=1S/C19H34N2.ClH/c1-3-5-6-7-8-9-10-11-12-13-14-15-16-18-17-20-19(4-2)21-18;/h4,17H,2-3,5-16H2,1H3,(H,20,21);1H. The molecule has 128 valence electrons. The zero-order chi connectivity index (χ0) is 15.2. The van der Waals surface area contributed by atoms with Crippen molar-refractivity contribution in [1.82, 2.24) is 9.97 Å². The summed E-state index contributed by atoms with van der Waals surface area (Å²) < 4.78 is 0. The van der Waals surface area contributed by atoms with Crippen molar-refractivity contribution in [2.45, 2.75) is 90.4 Å². The van der Waals surface area contributed by atoms with E-state index in [4.69, 9.17) is 0 Å². The Hall–Kier alpha value is -0.760. The summed E-state index contributed by atoms with van der Waals surface area (Å²) in [6.45, 7) is 6.00. The lowest BCUT2D eigenvalue weighted by Crippen LogP contribution is -1.87. The van der Waals surface area contributed by atoms with Crippen molar-refractivity contribution >= 4 is 18.5 Å². The molecular formula is C19H35ClN2. The van der Waals surface area contributed by atoms with Gasteiger partial charge in [-0.25, -0.2) is 4.98 Å². The molecule has 1 heterocycles. The van der Waals surface area contributed by atoms with Crippen molar-refractivity contribution in [3.05, 3.63) is 24.3 Å². The Labute approximate surface area is 143 Å². The van der Waals surface area contributed by atoms with Crippen LogP contribution >= 0.6 is 12.4 Å². The molecule has 0 fully saturated rings. The summed E-state index contributed by atoms with van der Waals surface area (Å²) in [5, 5.41) is 0. The highest BCUT2D eigenvalue weighted by molar-refractivity contribution is 5.85. The molecule has 0 bridgehead atoms. The van der Waals surface area contributed by atoms with Crippen LogP contribution in [0.4, 0.5) is 0 Å².